The quantitative estimate of drug-likeness (QED) is 0.820. The molecular formula is C16H20N2O4S2. The summed E-state index contributed by atoms with van der Waals surface area (Å²) >= 11 is 1.46. The number of sulfonamides is 1. The van der Waals surface area contributed by atoms with Gasteiger partial charge in [0.1, 0.15) is 5.75 Å². The summed E-state index contributed by atoms with van der Waals surface area (Å²) in [7, 11) is -2.01. The van der Waals surface area contributed by atoms with Crippen LogP contribution in [-0.2, 0) is 16.4 Å². The highest BCUT2D eigenvalue weighted by atomic mass is 32.2. The molecule has 130 valence electrons. The predicted octanol–water partition coefficient (Wildman–Crippen LogP) is 3.25. The van der Waals surface area contributed by atoms with E-state index in [1.807, 2.05) is 19.9 Å². The normalized spacial score (nSPS) is 11.2. The molecule has 1 heterocycles. The van der Waals surface area contributed by atoms with Crippen molar-refractivity contribution in [1.82, 2.24) is 0 Å². The maximum absolute atomic E-state index is 12.4. The maximum atomic E-state index is 12.4. The van der Waals surface area contributed by atoms with Crippen LogP contribution >= 0.6 is 11.3 Å². The van der Waals surface area contributed by atoms with Crippen LogP contribution in [0.5, 0.6) is 5.75 Å². The Morgan fingerprint density at radius 3 is 2.54 bits per heavy atom. The minimum atomic E-state index is -3.45. The standard InChI is InChI=1S/C16H20N2O4S2/c1-5-14-10(2)8-15(23-14)16(19)17-11-6-7-13(22-3)12(9-11)18-24(4,20)21/h6-9,18H,5H2,1-4H3,(H,17,19). The van der Waals surface area contributed by atoms with Crippen molar-refractivity contribution in [2.45, 2.75) is 20.3 Å². The molecule has 0 atom stereocenters. The molecule has 0 spiro atoms. The van der Waals surface area contributed by atoms with Crippen LogP contribution in [-0.4, -0.2) is 27.7 Å². The summed E-state index contributed by atoms with van der Waals surface area (Å²) < 4.78 is 30.4. The lowest BCUT2D eigenvalue weighted by molar-refractivity contribution is 0.103. The van der Waals surface area contributed by atoms with E-state index in [4.69, 9.17) is 4.74 Å². The molecule has 2 aromatic rings. The molecular weight excluding hydrogens is 348 g/mol. The van der Waals surface area contributed by atoms with Gasteiger partial charge in [-0.2, -0.15) is 0 Å². The van der Waals surface area contributed by atoms with Crippen molar-refractivity contribution in [1.29, 1.82) is 0 Å². The lowest BCUT2D eigenvalue weighted by atomic mass is 10.2. The number of hydrogen-bond donors (Lipinski definition) is 2. The number of aryl methyl sites for hydroxylation is 2. The van der Waals surface area contributed by atoms with Gasteiger partial charge >= 0.3 is 0 Å². The van der Waals surface area contributed by atoms with Crippen molar-refractivity contribution in [2.75, 3.05) is 23.4 Å². The zero-order chi connectivity index (χ0) is 17.9. The Bertz CT molecular complexity index is 857. The second-order valence-corrected chi connectivity index (χ2v) is 8.20. The molecule has 2 rings (SSSR count). The van der Waals surface area contributed by atoms with Gasteiger partial charge < -0.3 is 10.1 Å². The summed E-state index contributed by atoms with van der Waals surface area (Å²) in [4.78, 5) is 14.2. The first-order chi connectivity index (χ1) is 11.2. The first-order valence-corrected chi connectivity index (χ1v) is 10.0. The third-order valence-corrected chi connectivity index (χ3v) is 5.29. The number of nitrogens with one attached hydrogen (secondary N) is 2. The van der Waals surface area contributed by atoms with Crippen LogP contribution in [0.2, 0.25) is 0 Å². The SMILES string of the molecule is CCc1sc(C(=O)Nc2ccc(OC)c(NS(C)(=O)=O)c2)cc1C. The van der Waals surface area contributed by atoms with E-state index in [0.717, 1.165) is 18.2 Å². The van der Waals surface area contributed by atoms with Gasteiger partial charge in [0.15, 0.2) is 0 Å². The van der Waals surface area contributed by atoms with Crippen molar-refractivity contribution >= 4 is 38.6 Å². The van der Waals surface area contributed by atoms with Gasteiger partial charge in [-0.3, -0.25) is 9.52 Å². The highest BCUT2D eigenvalue weighted by molar-refractivity contribution is 7.92. The van der Waals surface area contributed by atoms with Crippen molar-refractivity contribution in [3.63, 3.8) is 0 Å². The Kier molecular flexibility index (Phi) is 5.51. The molecule has 0 aliphatic rings. The molecule has 0 aliphatic carbocycles. The molecule has 0 aliphatic heterocycles. The second-order valence-electron chi connectivity index (χ2n) is 5.31. The fraction of sp³-hybridized carbons (Fsp3) is 0.312. The van der Waals surface area contributed by atoms with E-state index >= 15 is 0 Å². The first-order valence-electron chi connectivity index (χ1n) is 7.30. The predicted molar refractivity (Wildman–Crippen MR) is 97.8 cm³/mol. The zero-order valence-electron chi connectivity index (χ0n) is 14.0. The average Bonchev–Trinajstić information content (AvgIpc) is 2.87. The molecule has 0 saturated carbocycles. The second kappa shape index (κ2) is 7.23. The Labute approximate surface area is 145 Å². The Balaban J connectivity index is 2.25. The number of rotatable bonds is 6. The Morgan fingerprint density at radius 2 is 2.00 bits per heavy atom. The molecule has 24 heavy (non-hydrogen) atoms. The van der Waals surface area contributed by atoms with Gasteiger partial charge in [-0.05, 0) is 43.2 Å². The number of benzene rings is 1. The van der Waals surface area contributed by atoms with Gasteiger partial charge in [0.2, 0.25) is 10.0 Å². The number of carbonyl (C=O) groups is 1. The van der Waals surface area contributed by atoms with E-state index in [1.54, 1.807) is 12.1 Å². The molecule has 1 aromatic heterocycles. The van der Waals surface area contributed by atoms with Crippen LogP contribution in [0.4, 0.5) is 11.4 Å². The molecule has 0 saturated heterocycles. The number of hydrogen-bond acceptors (Lipinski definition) is 5. The minimum Gasteiger partial charge on any atom is -0.495 e. The monoisotopic (exact) mass is 368 g/mol. The minimum absolute atomic E-state index is 0.224. The van der Waals surface area contributed by atoms with Crippen LogP contribution in [0, 0.1) is 6.92 Å². The maximum Gasteiger partial charge on any atom is 0.265 e. The third kappa shape index (κ3) is 4.48. The largest absolute Gasteiger partial charge is 0.495 e. The number of anilines is 2. The smallest absolute Gasteiger partial charge is 0.265 e. The highest BCUT2D eigenvalue weighted by Gasteiger charge is 2.14. The van der Waals surface area contributed by atoms with E-state index < -0.39 is 10.0 Å². The number of ether oxygens (including phenoxy) is 1. The first kappa shape index (κ1) is 18.3. The van der Waals surface area contributed by atoms with E-state index in [9.17, 15) is 13.2 Å². The topological polar surface area (TPSA) is 84.5 Å². The van der Waals surface area contributed by atoms with Crippen LogP contribution < -0.4 is 14.8 Å². The zero-order valence-corrected chi connectivity index (χ0v) is 15.6. The number of carbonyl (C=O) groups excluding carboxylic acids is 1. The van der Waals surface area contributed by atoms with Gasteiger partial charge in [-0.15, -0.1) is 11.3 Å². The van der Waals surface area contributed by atoms with Crippen molar-refractivity contribution in [3.8, 4) is 5.75 Å². The van der Waals surface area contributed by atoms with Gasteiger partial charge in [0.05, 0.1) is 23.9 Å². The summed E-state index contributed by atoms with van der Waals surface area (Å²) in [5.41, 5.74) is 1.85. The van der Waals surface area contributed by atoms with Gasteiger partial charge in [-0.1, -0.05) is 6.92 Å². The van der Waals surface area contributed by atoms with Gasteiger partial charge in [0.25, 0.3) is 5.91 Å². The van der Waals surface area contributed by atoms with Crippen molar-refractivity contribution < 1.29 is 17.9 Å². The van der Waals surface area contributed by atoms with E-state index in [2.05, 4.69) is 10.0 Å². The summed E-state index contributed by atoms with van der Waals surface area (Å²) in [6.07, 6.45) is 1.94. The van der Waals surface area contributed by atoms with Crippen LogP contribution in [0.1, 0.15) is 27.0 Å². The van der Waals surface area contributed by atoms with E-state index in [1.165, 1.54) is 29.4 Å². The molecule has 8 heteroatoms. The number of amides is 1. The van der Waals surface area contributed by atoms with E-state index in [-0.39, 0.29) is 11.6 Å². The van der Waals surface area contributed by atoms with Crippen molar-refractivity contribution in [3.05, 3.63) is 39.6 Å². The van der Waals surface area contributed by atoms with Crippen LogP contribution in [0.15, 0.2) is 24.3 Å². The number of methoxy groups -OCH3 is 1. The molecule has 2 N–H and O–H groups in total. The van der Waals surface area contributed by atoms with Crippen molar-refractivity contribution in [2.24, 2.45) is 0 Å². The highest BCUT2D eigenvalue weighted by Crippen LogP contribution is 2.29. The molecule has 0 fully saturated rings. The molecule has 0 bridgehead atoms. The molecule has 1 amide bonds. The summed E-state index contributed by atoms with van der Waals surface area (Å²) in [5, 5.41) is 2.78. The van der Waals surface area contributed by atoms with Crippen LogP contribution in [0.3, 0.4) is 0 Å². The van der Waals surface area contributed by atoms with Gasteiger partial charge in [0, 0.05) is 10.6 Å². The third-order valence-electron chi connectivity index (χ3n) is 3.32. The summed E-state index contributed by atoms with van der Waals surface area (Å²) in [5.74, 6) is 0.150. The van der Waals surface area contributed by atoms with Gasteiger partial charge in [-0.25, -0.2) is 8.42 Å². The molecule has 1 aromatic carbocycles. The molecule has 6 nitrogen and oxygen atoms in total. The summed E-state index contributed by atoms with van der Waals surface area (Å²) in [6.45, 7) is 4.03. The fourth-order valence-electron chi connectivity index (χ4n) is 2.24. The average molecular weight is 368 g/mol. The van der Waals surface area contributed by atoms with Crippen LogP contribution in [0.25, 0.3) is 0 Å². The Hall–Kier alpha value is -2.06. The molecule has 0 radical (unpaired) electrons. The Morgan fingerprint density at radius 1 is 1.29 bits per heavy atom. The number of thiophene rings is 1. The molecule has 0 unspecified atom stereocenters. The summed E-state index contributed by atoms with van der Waals surface area (Å²) in [6, 6.07) is 6.64. The lowest BCUT2D eigenvalue weighted by Crippen LogP contribution is -2.13. The van der Waals surface area contributed by atoms with E-state index in [0.29, 0.717) is 16.3 Å². The fourth-order valence-corrected chi connectivity index (χ4v) is 3.81. The lowest BCUT2D eigenvalue weighted by Gasteiger charge is -2.12.